The third kappa shape index (κ3) is 3.94. The smallest absolute Gasteiger partial charge is 0.252 e. The van der Waals surface area contributed by atoms with Crippen molar-refractivity contribution in [3.63, 3.8) is 0 Å². The van der Waals surface area contributed by atoms with Crippen molar-refractivity contribution in [2.45, 2.75) is 18.4 Å². The van der Waals surface area contributed by atoms with E-state index < -0.39 is 11.4 Å². The number of hydrogen-bond donors (Lipinski definition) is 2. The third-order valence-corrected chi connectivity index (χ3v) is 4.82. The van der Waals surface area contributed by atoms with E-state index in [0.29, 0.717) is 22.9 Å². The normalized spacial score (nSPS) is 18.1. The molecule has 3 nitrogen and oxygen atoms in total. The van der Waals surface area contributed by atoms with Crippen LogP contribution in [0, 0.1) is 5.82 Å². The Kier molecular flexibility index (Phi) is 4.86. The first-order valence-corrected chi connectivity index (χ1v) is 7.98. The zero-order valence-electron chi connectivity index (χ0n) is 10.3. The van der Waals surface area contributed by atoms with Gasteiger partial charge in [-0.05, 0) is 58.5 Å². The SMILES string of the molecule is O=C(NCC1(O)CCSCC1)c1ccc(F)cc1Br. The summed E-state index contributed by atoms with van der Waals surface area (Å²) in [7, 11) is 0. The van der Waals surface area contributed by atoms with Crippen molar-refractivity contribution in [3.05, 3.63) is 34.1 Å². The van der Waals surface area contributed by atoms with E-state index in [-0.39, 0.29) is 12.5 Å². The Balaban J connectivity index is 1.97. The Morgan fingerprint density at radius 2 is 2.16 bits per heavy atom. The molecule has 1 aliphatic heterocycles. The summed E-state index contributed by atoms with van der Waals surface area (Å²) in [6, 6.07) is 3.92. The van der Waals surface area contributed by atoms with Gasteiger partial charge in [0.25, 0.3) is 5.91 Å². The molecule has 0 aromatic heterocycles. The van der Waals surface area contributed by atoms with Crippen LogP contribution in [0.25, 0.3) is 0 Å². The largest absolute Gasteiger partial charge is 0.388 e. The van der Waals surface area contributed by atoms with E-state index in [2.05, 4.69) is 21.2 Å². The monoisotopic (exact) mass is 347 g/mol. The molecule has 0 atom stereocenters. The van der Waals surface area contributed by atoms with Crippen molar-refractivity contribution < 1.29 is 14.3 Å². The van der Waals surface area contributed by atoms with Crippen molar-refractivity contribution >= 4 is 33.6 Å². The van der Waals surface area contributed by atoms with Crippen LogP contribution in [-0.2, 0) is 0 Å². The van der Waals surface area contributed by atoms with Crippen molar-refractivity contribution in [1.82, 2.24) is 5.32 Å². The van der Waals surface area contributed by atoms with Gasteiger partial charge < -0.3 is 10.4 Å². The highest BCUT2D eigenvalue weighted by molar-refractivity contribution is 9.10. The minimum Gasteiger partial charge on any atom is -0.388 e. The molecule has 1 aliphatic rings. The van der Waals surface area contributed by atoms with Gasteiger partial charge in [0.15, 0.2) is 0 Å². The summed E-state index contributed by atoms with van der Waals surface area (Å²) >= 11 is 4.97. The van der Waals surface area contributed by atoms with Crippen molar-refractivity contribution in [3.8, 4) is 0 Å². The highest BCUT2D eigenvalue weighted by Gasteiger charge is 2.30. The molecule has 0 spiro atoms. The highest BCUT2D eigenvalue weighted by atomic mass is 79.9. The molecule has 1 amide bonds. The molecule has 0 aliphatic carbocycles. The lowest BCUT2D eigenvalue weighted by atomic mass is 9.97. The molecule has 104 valence electrons. The van der Waals surface area contributed by atoms with Crippen LogP contribution in [0.4, 0.5) is 4.39 Å². The maximum atomic E-state index is 12.9. The summed E-state index contributed by atoms with van der Waals surface area (Å²) in [5.41, 5.74) is -0.442. The second-order valence-corrected chi connectivity index (χ2v) is 6.72. The lowest BCUT2D eigenvalue weighted by Crippen LogP contribution is -2.45. The average molecular weight is 348 g/mol. The fourth-order valence-electron chi connectivity index (χ4n) is 1.94. The van der Waals surface area contributed by atoms with Crippen LogP contribution in [0.3, 0.4) is 0 Å². The molecule has 1 heterocycles. The van der Waals surface area contributed by atoms with Crippen LogP contribution in [0.15, 0.2) is 22.7 Å². The number of benzene rings is 1. The van der Waals surface area contributed by atoms with Crippen LogP contribution < -0.4 is 5.32 Å². The van der Waals surface area contributed by atoms with Gasteiger partial charge in [-0.1, -0.05) is 0 Å². The summed E-state index contributed by atoms with van der Waals surface area (Å²) < 4.78 is 13.4. The predicted molar refractivity (Wildman–Crippen MR) is 77.9 cm³/mol. The topological polar surface area (TPSA) is 49.3 Å². The first-order valence-electron chi connectivity index (χ1n) is 6.04. The van der Waals surface area contributed by atoms with Crippen molar-refractivity contribution in [1.29, 1.82) is 0 Å². The van der Waals surface area contributed by atoms with E-state index in [1.54, 1.807) is 0 Å². The third-order valence-electron chi connectivity index (χ3n) is 3.18. The fourth-order valence-corrected chi connectivity index (χ4v) is 3.73. The number of halogens is 2. The van der Waals surface area contributed by atoms with E-state index in [1.807, 2.05) is 11.8 Å². The van der Waals surface area contributed by atoms with Crippen LogP contribution in [0.5, 0.6) is 0 Å². The number of rotatable bonds is 3. The molecule has 0 radical (unpaired) electrons. The number of nitrogens with one attached hydrogen (secondary N) is 1. The van der Waals surface area contributed by atoms with Gasteiger partial charge >= 0.3 is 0 Å². The summed E-state index contributed by atoms with van der Waals surface area (Å²) in [5, 5.41) is 13.0. The average Bonchev–Trinajstić information content (AvgIpc) is 2.37. The molecule has 0 bridgehead atoms. The molecule has 1 fully saturated rings. The van der Waals surface area contributed by atoms with Crippen molar-refractivity contribution in [2.24, 2.45) is 0 Å². The Morgan fingerprint density at radius 3 is 2.79 bits per heavy atom. The standard InChI is InChI=1S/C13H15BrFNO2S/c14-11-7-9(15)1-2-10(11)12(17)16-8-13(18)3-5-19-6-4-13/h1-2,7,18H,3-6,8H2,(H,16,17). The number of thioether (sulfide) groups is 1. The number of aliphatic hydroxyl groups is 1. The summed E-state index contributed by atoms with van der Waals surface area (Å²) in [5.74, 6) is 1.11. The molecular formula is C13H15BrFNO2S. The zero-order chi connectivity index (χ0) is 13.9. The minimum atomic E-state index is -0.812. The molecule has 0 saturated carbocycles. The lowest BCUT2D eigenvalue weighted by molar-refractivity contribution is 0.0311. The van der Waals surface area contributed by atoms with E-state index in [0.717, 1.165) is 11.5 Å². The molecular weight excluding hydrogens is 333 g/mol. The van der Waals surface area contributed by atoms with E-state index >= 15 is 0 Å². The molecule has 2 N–H and O–H groups in total. The van der Waals surface area contributed by atoms with E-state index in [9.17, 15) is 14.3 Å². The van der Waals surface area contributed by atoms with Crippen LogP contribution in [0.1, 0.15) is 23.2 Å². The quantitative estimate of drug-likeness (QED) is 0.883. The van der Waals surface area contributed by atoms with Gasteiger partial charge in [-0.2, -0.15) is 11.8 Å². The Bertz CT molecular complexity index is 478. The predicted octanol–water partition coefficient (Wildman–Crippen LogP) is 2.58. The van der Waals surface area contributed by atoms with Gasteiger partial charge in [0.2, 0.25) is 0 Å². The molecule has 19 heavy (non-hydrogen) atoms. The Hall–Kier alpha value is -0.590. The maximum Gasteiger partial charge on any atom is 0.252 e. The number of carbonyl (C=O) groups excluding carboxylic acids is 1. The van der Waals surface area contributed by atoms with Gasteiger partial charge in [0, 0.05) is 11.0 Å². The fraction of sp³-hybridized carbons (Fsp3) is 0.462. The van der Waals surface area contributed by atoms with Crippen LogP contribution >= 0.6 is 27.7 Å². The first-order chi connectivity index (χ1) is 9.00. The van der Waals surface area contributed by atoms with Gasteiger partial charge in [-0.3, -0.25) is 4.79 Å². The van der Waals surface area contributed by atoms with Crippen LogP contribution in [0.2, 0.25) is 0 Å². The lowest BCUT2D eigenvalue weighted by Gasteiger charge is -2.31. The number of hydrogen-bond acceptors (Lipinski definition) is 3. The molecule has 1 aromatic rings. The minimum absolute atomic E-state index is 0.232. The van der Waals surface area contributed by atoms with Crippen LogP contribution in [-0.4, -0.2) is 34.7 Å². The van der Waals surface area contributed by atoms with Gasteiger partial charge in [0.1, 0.15) is 5.82 Å². The summed E-state index contributed by atoms with van der Waals surface area (Å²) in [4.78, 5) is 12.0. The zero-order valence-corrected chi connectivity index (χ0v) is 12.7. The molecule has 0 unspecified atom stereocenters. The maximum absolute atomic E-state index is 12.9. The number of amides is 1. The molecule has 1 aromatic carbocycles. The van der Waals surface area contributed by atoms with Gasteiger partial charge in [-0.15, -0.1) is 0 Å². The van der Waals surface area contributed by atoms with Crippen molar-refractivity contribution in [2.75, 3.05) is 18.1 Å². The van der Waals surface area contributed by atoms with Gasteiger partial charge in [0.05, 0.1) is 11.2 Å². The summed E-state index contributed by atoms with van der Waals surface area (Å²) in [6.45, 7) is 0.232. The second kappa shape index (κ2) is 6.24. The molecule has 2 rings (SSSR count). The Labute approximate surface area is 124 Å². The van der Waals surface area contributed by atoms with Gasteiger partial charge in [-0.25, -0.2) is 4.39 Å². The first kappa shape index (κ1) is 14.8. The highest BCUT2D eigenvalue weighted by Crippen LogP contribution is 2.26. The van der Waals surface area contributed by atoms with E-state index in [4.69, 9.17) is 0 Å². The molecule has 6 heteroatoms. The number of carbonyl (C=O) groups is 1. The Morgan fingerprint density at radius 1 is 1.47 bits per heavy atom. The summed E-state index contributed by atoms with van der Waals surface area (Å²) in [6.07, 6.45) is 1.37. The van der Waals surface area contributed by atoms with E-state index in [1.165, 1.54) is 18.2 Å². The molecule has 1 saturated heterocycles. The second-order valence-electron chi connectivity index (χ2n) is 4.64.